The van der Waals surface area contributed by atoms with Crippen LogP contribution in [0.5, 0.6) is 0 Å². The van der Waals surface area contributed by atoms with Crippen molar-refractivity contribution in [1.29, 1.82) is 0 Å². The summed E-state index contributed by atoms with van der Waals surface area (Å²) in [6.07, 6.45) is -4.04. The van der Waals surface area contributed by atoms with Gasteiger partial charge in [0.25, 0.3) is 0 Å². The fourth-order valence-corrected chi connectivity index (χ4v) is 1.72. The average Bonchev–Trinajstić information content (AvgIpc) is 2.14. The molecular formula is C11H11ClF4. The van der Waals surface area contributed by atoms with Crippen molar-refractivity contribution in [1.82, 2.24) is 0 Å². The highest BCUT2D eigenvalue weighted by Crippen LogP contribution is 2.36. The van der Waals surface area contributed by atoms with E-state index in [0.717, 1.165) is 12.1 Å². The molecule has 0 aliphatic rings. The van der Waals surface area contributed by atoms with Gasteiger partial charge in [0.05, 0.1) is 5.56 Å². The van der Waals surface area contributed by atoms with E-state index in [9.17, 15) is 17.6 Å². The molecule has 0 aromatic heterocycles. The molecule has 1 rings (SSSR count). The Hall–Kier alpha value is -0.770. The van der Waals surface area contributed by atoms with Crippen molar-refractivity contribution in [3.63, 3.8) is 0 Å². The molecule has 0 amide bonds. The molecule has 0 nitrogen and oxygen atoms in total. The summed E-state index contributed by atoms with van der Waals surface area (Å²) in [5.41, 5.74) is -0.926. The van der Waals surface area contributed by atoms with Crippen LogP contribution in [-0.2, 0) is 6.18 Å². The Morgan fingerprint density at radius 3 is 2.31 bits per heavy atom. The van der Waals surface area contributed by atoms with Crippen molar-refractivity contribution in [3.05, 3.63) is 34.1 Å². The summed E-state index contributed by atoms with van der Waals surface area (Å²) < 4.78 is 50.4. The van der Waals surface area contributed by atoms with Crippen LogP contribution in [0.2, 0.25) is 5.02 Å². The maximum absolute atomic E-state index is 13.1. The highest BCUT2D eigenvalue weighted by molar-refractivity contribution is 6.31. The van der Waals surface area contributed by atoms with Crippen LogP contribution in [-0.4, -0.2) is 0 Å². The van der Waals surface area contributed by atoms with E-state index in [1.165, 1.54) is 0 Å². The number of hydrogen-bond acceptors (Lipinski definition) is 0. The van der Waals surface area contributed by atoms with Gasteiger partial charge in [-0.2, -0.15) is 13.2 Å². The van der Waals surface area contributed by atoms with Crippen molar-refractivity contribution in [3.8, 4) is 0 Å². The SMILES string of the molecule is CCC(C)c1cc(C(F)(F)F)c(F)cc1Cl. The summed E-state index contributed by atoms with van der Waals surface area (Å²) in [6, 6.07) is 1.53. The average molecular weight is 255 g/mol. The molecule has 5 heteroatoms. The molecule has 1 atom stereocenters. The smallest absolute Gasteiger partial charge is 0.206 e. The van der Waals surface area contributed by atoms with Crippen LogP contribution < -0.4 is 0 Å². The second-order valence-electron chi connectivity index (χ2n) is 3.66. The zero-order valence-corrected chi connectivity index (χ0v) is 9.58. The van der Waals surface area contributed by atoms with E-state index in [4.69, 9.17) is 11.6 Å². The zero-order chi connectivity index (χ0) is 12.5. The maximum atomic E-state index is 13.1. The second-order valence-corrected chi connectivity index (χ2v) is 4.07. The topological polar surface area (TPSA) is 0 Å². The molecule has 0 fully saturated rings. The molecule has 0 aliphatic carbocycles. The molecule has 0 bridgehead atoms. The van der Waals surface area contributed by atoms with Gasteiger partial charge in [-0.15, -0.1) is 0 Å². The minimum absolute atomic E-state index is 0.0415. The van der Waals surface area contributed by atoms with Gasteiger partial charge in [-0.1, -0.05) is 25.4 Å². The number of alkyl halides is 3. The fourth-order valence-electron chi connectivity index (χ4n) is 1.38. The third-order valence-electron chi connectivity index (χ3n) is 2.54. The fraction of sp³-hybridized carbons (Fsp3) is 0.455. The van der Waals surface area contributed by atoms with Gasteiger partial charge in [0.2, 0.25) is 0 Å². The Bertz CT molecular complexity index is 384. The van der Waals surface area contributed by atoms with E-state index in [1.54, 1.807) is 6.92 Å². The lowest BCUT2D eigenvalue weighted by Crippen LogP contribution is -2.10. The summed E-state index contributed by atoms with van der Waals surface area (Å²) in [6.45, 7) is 3.58. The molecule has 16 heavy (non-hydrogen) atoms. The predicted molar refractivity (Wildman–Crippen MR) is 55.1 cm³/mol. The third kappa shape index (κ3) is 2.67. The van der Waals surface area contributed by atoms with Crippen LogP contribution in [0.1, 0.15) is 37.3 Å². The van der Waals surface area contributed by atoms with E-state index in [-0.39, 0.29) is 10.9 Å². The number of benzene rings is 1. The quantitative estimate of drug-likeness (QED) is 0.651. The highest BCUT2D eigenvalue weighted by Gasteiger charge is 2.35. The molecule has 0 aliphatic heterocycles. The first kappa shape index (κ1) is 13.3. The summed E-state index contributed by atoms with van der Waals surface area (Å²) in [5, 5.41) is 0.0415. The monoisotopic (exact) mass is 254 g/mol. The number of halogens is 5. The molecule has 0 saturated heterocycles. The Kier molecular flexibility index (Phi) is 3.84. The lowest BCUT2D eigenvalue weighted by Gasteiger charge is -2.15. The summed E-state index contributed by atoms with van der Waals surface area (Å²) in [4.78, 5) is 0. The van der Waals surface area contributed by atoms with Gasteiger partial charge < -0.3 is 0 Å². The summed E-state index contributed by atoms with van der Waals surface area (Å²) in [5.74, 6) is -1.46. The molecule has 0 heterocycles. The first-order valence-corrected chi connectivity index (χ1v) is 5.21. The summed E-state index contributed by atoms with van der Waals surface area (Å²) >= 11 is 5.72. The largest absolute Gasteiger partial charge is 0.419 e. The van der Waals surface area contributed by atoms with E-state index in [0.29, 0.717) is 12.0 Å². The van der Waals surface area contributed by atoms with Gasteiger partial charge in [-0.25, -0.2) is 4.39 Å². The van der Waals surface area contributed by atoms with Crippen molar-refractivity contribution in [2.24, 2.45) is 0 Å². The van der Waals surface area contributed by atoms with Gasteiger partial charge >= 0.3 is 6.18 Å². The van der Waals surface area contributed by atoms with Crippen LogP contribution in [0.4, 0.5) is 17.6 Å². The molecule has 0 spiro atoms. The van der Waals surface area contributed by atoms with Gasteiger partial charge in [0.15, 0.2) is 0 Å². The van der Waals surface area contributed by atoms with Gasteiger partial charge in [0.1, 0.15) is 5.82 Å². The molecular weight excluding hydrogens is 244 g/mol. The van der Waals surface area contributed by atoms with Crippen molar-refractivity contribution in [2.45, 2.75) is 32.4 Å². The Morgan fingerprint density at radius 1 is 1.31 bits per heavy atom. The van der Waals surface area contributed by atoms with E-state index >= 15 is 0 Å². The Labute approximate surface area is 96.2 Å². The highest BCUT2D eigenvalue weighted by atomic mass is 35.5. The third-order valence-corrected chi connectivity index (χ3v) is 2.86. The van der Waals surface area contributed by atoms with Gasteiger partial charge in [-0.05, 0) is 30.0 Å². The standard InChI is InChI=1S/C11H11ClF4/c1-3-6(2)7-4-8(11(14,15)16)10(13)5-9(7)12/h4-6H,3H2,1-2H3. The number of hydrogen-bond donors (Lipinski definition) is 0. The zero-order valence-electron chi connectivity index (χ0n) is 8.83. The first-order chi connectivity index (χ1) is 7.27. The van der Waals surface area contributed by atoms with Crippen LogP contribution in [0.3, 0.4) is 0 Å². The number of rotatable bonds is 2. The molecule has 1 unspecified atom stereocenters. The van der Waals surface area contributed by atoms with E-state index in [1.807, 2.05) is 6.92 Å². The molecule has 0 N–H and O–H groups in total. The van der Waals surface area contributed by atoms with Crippen molar-refractivity contribution >= 4 is 11.6 Å². The minimum Gasteiger partial charge on any atom is -0.206 e. The maximum Gasteiger partial charge on any atom is 0.419 e. The summed E-state index contributed by atoms with van der Waals surface area (Å²) in [7, 11) is 0. The molecule has 1 aromatic carbocycles. The van der Waals surface area contributed by atoms with Gasteiger partial charge in [-0.3, -0.25) is 0 Å². The minimum atomic E-state index is -4.68. The first-order valence-electron chi connectivity index (χ1n) is 4.83. The van der Waals surface area contributed by atoms with Gasteiger partial charge in [0, 0.05) is 5.02 Å². The lowest BCUT2D eigenvalue weighted by atomic mass is 9.96. The van der Waals surface area contributed by atoms with Crippen LogP contribution in [0.25, 0.3) is 0 Å². The Morgan fingerprint density at radius 2 is 1.88 bits per heavy atom. The van der Waals surface area contributed by atoms with Crippen LogP contribution in [0.15, 0.2) is 12.1 Å². The molecule has 1 aromatic rings. The van der Waals surface area contributed by atoms with Crippen LogP contribution in [0, 0.1) is 5.82 Å². The van der Waals surface area contributed by atoms with Crippen molar-refractivity contribution < 1.29 is 17.6 Å². The molecule has 0 radical (unpaired) electrons. The normalized spacial score (nSPS) is 13.9. The molecule has 90 valence electrons. The van der Waals surface area contributed by atoms with E-state index < -0.39 is 17.6 Å². The molecule has 0 saturated carbocycles. The van der Waals surface area contributed by atoms with Crippen LogP contribution >= 0.6 is 11.6 Å². The lowest BCUT2D eigenvalue weighted by molar-refractivity contribution is -0.140. The second kappa shape index (κ2) is 4.62. The predicted octanol–water partition coefficient (Wildman–Crippen LogP) is 5.01. The van der Waals surface area contributed by atoms with Crippen molar-refractivity contribution in [2.75, 3.05) is 0 Å². The van der Waals surface area contributed by atoms with E-state index in [2.05, 4.69) is 0 Å². The Balaban J connectivity index is 3.33.